The number of rotatable bonds is 2. The molecule has 0 aliphatic carbocycles. The second kappa shape index (κ2) is 3.64. The zero-order valence-corrected chi connectivity index (χ0v) is 7.14. The largest absolute Gasteiger partial charge is 0.492 e. The van der Waals surface area contributed by atoms with E-state index in [0.29, 0.717) is 0 Å². The van der Waals surface area contributed by atoms with Gasteiger partial charge in [-0.3, -0.25) is 0 Å². The third-order valence-corrected chi connectivity index (χ3v) is 1.63. The number of hydrogen-bond donors (Lipinski definition) is 0. The van der Waals surface area contributed by atoms with Gasteiger partial charge < -0.3 is 4.74 Å². The summed E-state index contributed by atoms with van der Waals surface area (Å²) in [5.74, 6) is -1.13. The first-order valence-corrected chi connectivity index (χ1v) is 3.55. The number of alkyl halides is 2. The standard InChI is InChI=1S/C8H8F3NO/c1-4-5(7(9)10)3-6(13-2)8(11)12-4/h3,7H,1-2H3. The minimum absolute atomic E-state index is 0.0201. The number of aromatic nitrogens is 1. The van der Waals surface area contributed by atoms with Gasteiger partial charge in [0.25, 0.3) is 12.4 Å². The van der Waals surface area contributed by atoms with Crippen LogP contribution in [-0.4, -0.2) is 12.1 Å². The van der Waals surface area contributed by atoms with Gasteiger partial charge in [0.1, 0.15) is 0 Å². The Morgan fingerprint density at radius 2 is 2.08 bits per heavy atom. The zero-order chi connectivity index (χ0) is 10.0. The van der Waals surface area contributed by atoms with Crippen molar-refractivity contribution in [2.24, 2.45) is 0 Å². The van der Waals surface area contributed by atoms with Crippen LogP contribution in [0.3, 0.4) is 0 Å². The van der Waals surface area contributed by atoms with E-state index in [1.54, 1.807) is 0 Å². The molecule has 0 saturated carbocycles. The second-order valence-corrected chi connectivity index (χ2v) is 2.46. The Balaban J connectivity index is 3.22. The molecule has 0 spiro atoms. The Labute approximate surface area is 73.4 Å². The summed E-state index contributed by atoms with van der Waals surface area (Å²) in [6, 6.07) is 0.961. The van der Waals surface area contributed by atoms with Crippen molar-refractivity contribution in [2.45, 2.75) is 13.3 Å². The van der Waals surface area contributed by atoms with Crippen LogP contribution in [0.1, 0.15) is 17.7 Å². The highest BCUT2D eigenvalue weighted by molar-refractivity contribution is 5.30. The predicted molar refractivity (Wildman–Crippen MR) is 40.4 cm³/mol. The number of nitrogens with zero attached hydrogens (tertiary/aromatic N) is 1. The lowest BCUT2D eigenvalue weighted by atomic mass is 10.2. The first kappa shape index (κ1) is 9.83. The van der Waals surface area contributed by atoms with Gasteiger partial charge in [-0.25, -0.2) is 13.8 Å². The molecule has 1 aromatic rings. The van der Waals surface area contributed by atoms with E-state index in [0.717, 1.165) is 6.07 Å². The Morgan fingerprint density at radius 3 is 2.54 bits per heavy atom. The molecule has 0 bridgehead atoms. The molecule has 0 N–H and O–H groups in total. The van der Waals surface area contributed by atoms with E-state index in [4.69, 9.17) is 0 Å². The fraction of sp³-hybridized carbons (Fsp3) is 0.375. The van der Waals surface area contributed by atoms with Crippen molar-refractivity contribution in [1.82, 2.24) is 4.98 Å². The quantitative estimate of drug-likeness (QED) is 0.670. The average molecular weight is 191 g/mol. The number of hydrogen-bond acceptors (Lipinski definition) is 2. The number of halogens is 3. The summed E-state index contributed by atoms with van der Waals surface area (Å²) in [4.78, 5) is 3.29. The molecule has 1 rings (SSSR count). The molecule has 0 aliphatic rings. The molecule has 0 aromatic carbocycles. The monoisotopic (exact) mass is 191 g/mol. The van der Waals surface area contributed by atoms with Crippen LogP contribution in [0.2, 0.25) is 0 Å². The maximum Gasteiger partial charge on any atom is 0.265 e. The van der Waals surface area contributed by atoms with Gasteiger partial charge in [-0.15, -0.1) is 0 Å². The van der Waals surface area contributed by atoms with E-state index in [-0.39, 0.29) is 17.0 Å². The minimum Gasteiger partial charge on any atom is -0.492 e. The van der Waals surface area contributed by atoms with Crippen molar-refractivity contribution in [3.05, 3.63) is 23.3 Å². The van der Waals surface area contributed by atoms with Crippen molar-refractivity contribution in [3.8, 4) is 5.75 Å². The molecule has 0 saturated heterocycles. The third-order valence-electron chi connectivity index (χ3n) is 1.63. The van der Waals surface area contributed by atoms with Crippen LogP contribution in [0.5, 0.6) is 5.75 Å². The normalized spacial score (nSPS) is 10.6. The van der Waals surface area contributed by atoms with Gasteiger partial charge >= 0.3 is 0 Å². The second-order valence-electron chi connectivity index (χ2n) is 2.46. The summed E-state index contributed by atoms with van der Waals surface area (Å²) in [6.45, 7) is 1.32. The van der Waals surface area contributed by atoms with Gasteiger partial charge in [0, 0.05) is 11.3 Å². The van der Waals surface area contributed by atoms with E-state index in [2.05, 4.69) is 9.72 Å². The molecule has 5 heteroatoms. The number of ether oxygens (including phenoxy) is 1. The molecule has 0 fully saturated rings. The predicted octanol–water partition coefficient (Wildman–Crippen LogP) is 2.48. The van der Waals surface area contributed by atoms with E-state index in [1.165, 1.54) is 14.0 Å². The lowest BCUT2D eigenvalue weighted by Gasteiger charge is -2.07. The molecule has 2 nitrogen and oxygen atoms in total. The summed E-state index contributed by atoms with van der Waals surface area (Å²) in [6.07, 6.45) is -2.66. The molecular formula is C8H8F3NO. The third kappa shape index (κ3) is 1.91. The number of aryl methyl sites for hydroxylation is 1. The van der Waals surface area contributed by atoms with Crippen LogP contribution in [0.15, 0.2) is 6.07 Å². The fourth-order valence-electron chi connectivity index (χ4n) is 0.936. The minimum atomic E-state index is -2.66. The molecule has 1 aromatic heterocycles. The highest BCUT2D eigenvalue weighted by Crippen LogP contribution is 2.26. The molecule has 1 heterocycles. The van der Waals surface area contributed by atoms with Crippen LogP contribution in [0.25, 0.3) is 0 Å². The molecule has 0 radical (unpaired) electrons. The van der Waals surface area contributed by atoms with Gasteiger partial charge in [0.2, 0.25) is 0 Å². The van der Waals surface area contributed by atoms with Crippen LogP contribution in [-0.2, 0) is 0 Å². The van der Waals surface area contributed by atoms with Crippen LogP contribution >= 0.6 is 0 Å². The van der Waals surface area contributed by atoms with Gasteiger partial charge in [-0.1, -0.05) is 0 Å². The molecule has 72 valence electrons. The number of pyridine rings is 1. The zero-order valence-electron chi connectivity index (χ0n) is 7.14. The van der Waals surface area contributed by atoms with Gasteiger partial charge in [-0.2, -0.15) is 4.39 Å². The van der Waals surface area contributed by atoms with Crippen molar-refractivity contribution < 1.29 is 17.9 Å². The highest BCUT2D eigenvalue weighted by atomic mass is 19.3. The van der Waals surface area contributed by atoms with Crippen molar-refractivity contribution in [1.29, 1.82) is 0 Å². The van der Waals surface area contributed by atoms with Crippen LogP contribution < -0.4 is 4.74 Å². The first-order chi connectivity index (χ1) is 6.06. The lowest BCUT2D eigenvalue weighted by molar-refractivity contribution is 0.149. The molecule has 0 aliphatic heterocycles. The topological polar surface area (TPSA) is 22.1 Å². The van der Waals surface area contributed by atoms with Crippen LogP contribution in [0.4, 0.5) is 13.2 Å². The van der Waals surface area contributed by atoms with Crippen molar-refractivity contribution >= 4 is 0 Å². The molecular weight excluding hydrogens is 183 g/mol. The summed E-state index contributed by atoms with van der Waals surface area (Å²) < 4.78 is 41.8. The van der Waals surface area contributed by atoms with Crippen molar-refractivity contribution in [3.63, 3.8) is 0 Å². The fourth-order valence-corrected chi connectivity index (χ4v) is 0.936. The summed E-state index contributed by atoms with van der Waals surface area (Å²) in [5.41, 5.74) is -0.327. The molecule has 0 unspecified atom stereocenters. The highest BCUT2D eigenvalue weighted by Gasteiger charge is 2.16. The molecule has 0 amide bonds. The Hall–Kier alpha value is -1.26. The van der Waals surface area contributed by atoms with Crippen molar-refractivity contribution in [2.75, 3.05) is 7.11 Å². The van der Waals surface area contributed by atoms with Gasteiger partial charge in [0.05, 0.1) is 7.11 Å². The Bertz CT molecular complexity index is 315. The maximum absolute atomic E-state index is 12.8. The van der Waals surface area contributed by atoms with E-state index < -0.39 is 12.4 Å². The van der Waals surface area contributed by atoms with Crippen LogP contribution in [0, 0.1) is 12.9 Å². The average Bonchev–Trinajstić information content (AvgIpc) is 2.03. The van der Waals surface area contributed by atoms with E-state index >= 15 is 0 Å². The summed E-state index contributed by atoms with van der Waals surface area (Å²) in [5, 5.41) is 0. The Morgan fingerprint density at radius 1 is 1.46 bits per heavy atom. The van der Waals surface area contributed by atoms with Gasteiger partial charge in [0.15, 0.2) is 5.75 Å². The SMILES string of the molecule is COc1cc(C(F)F)c(C)nc1F. The van der Waals surface area contributed by atoms with E-state index in [9.17, 15) is 13.2 Å². The van der Waals surface area contributed by atoms with E-state index in [1.807, 2.05) is 0 Å². The summed E-state index contributed by atoms with van der Waals surface area (Å²) in [7, 11) is 1.20. The van der Waals surface area contributed by atoms with Gasteiger partial charge in [-0.05, 0) is 13.0 Å². The first-order valence-electron chi connectivity index (χ1n) is 3.55. The maximum atomic E-state index is 12.8. The Kier molecular flexibility index (Phi) is 2.75. The lowest BCUT2D eigenvalue weighted by Crippen LogP contribution is -1.99. The number of methoxy groups -OCH3 is 1. The molecule has 0 atom stereocenters. The summed E-state index contributed by atoms with van der Waals surface area (Å²) >= 11 is 0. The molecule has 13 heavy (non-hydrogen) atoms. The smallest absolute Gasteiger partial charge is 0.265 e.